The van der Waals surface area contributed by atoms with Crippen molar-refractivity contribution in [1.29, 1.82) is 0 Å². The van der Waals surface area contributed by atoms with Gasteiger partial charge in [-0.2, -0.15) is 0 Å². The maximum atomic E-state index is 14.6. The zero-order valence-electron chi connectivity index (χ0n) is 38.3. The summed E-state index contributed by atoms with van der Waals surface area (Å²) in [6, 6.07) is 11.3. The zero-order valence-corrected chi connectivity index (χ0v) is 41.5. The van der Waals surface area contributed by atoms with Crippen molar-refractivity contribution < 1.29 is 9.59 Å². The molecule has 0 spiro atoms. The van der Waals surface area contributed by atoms with Crippen LogP contribution >= 0.6 is 31.9 Å². The topological polar surface area (TPSA) is 106 Å². The van der Waals surface area contributed by atoms with Crippen LogP contribution in [0.4, 0.5) is 11.4 Å². The Hall–Kier alpha value is -3.24. The highest BCUT2D eigenvalue weighted by Gasteiger charge is 2.37. The molecule has 3 aromatic rings. The van der Waals surface area contributed by atoms with Crippen molar-refractivity contribution >= 4 is 66.2 Å². The molecule has 0 radical (unpaired) electrons. The van der Waals surface area contributed by atoms with Gasteiger partial charge >= 0.3 is 0 Å². The summed E-state index contributed by atoms with van der Waals surface area (Å²) in [6.45, 7) is 10.0. The van der Waals surface area contributed by atoms with Crippen LogP contribution in [-0.4, -0.2) is 34.9 Å². The Labute approximate surface area is 388 Å². The van der Waals surface area contributed by atoms with E-state index < -0.39 is 11.1 Å². The standard InChI is InChI=1S/C52H74Br2N4O4/c1-5-9-13-17-19-23-27-37(25-21-15-11-7-3)35-57-43-33-39(53)29-31-41(43)45(51(57)61)47-49(59)56-48(50(60)55-47)46-42-32-30-40(54)34-44(42)58(52(46)62)36-38(26-22-16-12-8-4)28-24-20-18-14-10-6-2/h29-34,37-38H,5-28,35-36H2,1-4H3,(H,55,60)(H,56,59). The maximum Gasteiger partial charge on any atom is 0.273 e. The number of nitrogens with one attached hydrogen (secondary N) is 2. The molecule has 62 heavy (non-hydrogen) atoms. The number of hydrogen-bond acceptors (Lipinski definition) is 4. The highest BCUT2D eigenvalue weighted by molar-refractivity contribution is 9.10. The zero-order chi connectivity index (χ0) is 44.4. The number of aromatic nitrogens is 2. The summed E-state index contributed by atoms with van der Waals surface area (Å²) in [7, 11) is 0. The second kappa shape index (κ2) is 25.9. The smallest absolute Gasteiger partial charge is 0.273 e. The minimum Gasteiger partial charge on any atom is -0.315 e. The molecule has 2 aliphatic heterocycles. The number of amides is 2. The van der Waals surface area contributed by atoms with E-state index >= 15 is 0 Å². The van der Waals surface area contributed by atoms with Gasteiger partial charge in [0.2, 0.25) is 0 Å². The highest BCUT2D eigenvalue weighted by Crippen LogP contribution is 2.40. The highest BCUT2D eigenvalue weighted by atomic mass is 79.9. The molecule has 0 aliphatic carbocycles. The Bertz CT molecular complexity index is 2020. The van der Waals surface area contributed by atoms with Crippen LogP contribution in [0.25, 0.3) is 11.1 Å². The van der Waals surface area contributed by atoms with Crippen LogP contribution in [0.2, 0.25) is 0 Å². The number of H-pyrrole nitrogens is 2. The van der Waals surface area contributed by atoms with Gasteiger partial charge in [0.25, 0.3) is 22.9 Å². The van der Waals surface area contributed by atoms with Gasteiger partial charge in [-0.1, -0.05) is 200 Å². The fourth-order valence-corrected chi connectivity index (χ4v) is 10.3. The second-order valence-corrected chi connectivity index (χ2v) is 19.9. The van der Waals surface area contributed by atoms with Gasteiger partial charge in [-0.25, -0.2) is 0 Å². The number of anilines is 2. The number of unbranched alkanes of at least 4 members (excludes halogenated alkanes) is 16. The molecule has 340 valence electrons. The molecule has 2 unspecified atom stereocenters. The van der Waals surface area contributed by atoms with Gasteiger partial charge in [0.1, 0.15) is 10.7 Å². The second-order valence-electron chi connectivity index (χ2n) is 18.1. The first-order valence-corrected chi connectivity index (χ1v) is 26.1. The quantitative estimate of drug-likeness (QED) is 0.0707. The van der Waals surface area contributed by atoms with Crippen molar-refractivity contribution in [2.24, 2.45) is 11.8 Å². The Morgan fingerprint density at radius 2 is 0.758 bits per heavy atom. The van der Waals surface area contributed by atoms with E-state index in [0.29, 0.717) is 36.1 Å². The molecule has 0 saturated carbocycles. The third-order valence-electron chi connectivity index (χ3n) is 13.1. The fourth-order valence-electron chi connectivity index (χ4n) is 9.58. The molecule has 2 aliphatic rings. The average Bonchev–Trinajstić information content (AvgIpc) is 3.67. The molecule has 0 saturated heterocycles. The molecule has 0 fully saturated rings. The Morgan fingerprint density at radius 3 is 1.10 bits per heavy atom. The monoisotopic (exact) mass is 976 g/mol. The minimum absolute atomic E-state index is 0.0738. The first-order chi connectivity index (χ1) is 30.1. The number of carbonyl (C=O) groups excluding carboxylic acids is 2. The van der Waals surface area contributed by atoms with Crippen molar-refractivity contribution in [3.8, 4) is 0 Å². The summed E-state index contributed by atoms with van der Waals surface area (Å²) in [5.41, 5.74) is 1.91. The Kier molecular flexibility index (Phi) is 20.8. The summed E-state index contributed by atoms with van der Waals surface area (Å²) in [4.78, 5) is 67.1. The predicted molar refractivity (Wildman–Crippen MR) is 265 cm³/mol. The van der Waals surface area contributed by atoms with E-state index in [1.807, 2.05) is 46.2 Å². The average molecular weight is 979 g/mol. The number of aromatic amines is 2. The molecular formula is C52H74Br2N4O4. The Balaban J connectivity index is 1.49. The number of halogens is 2. The van der Waals surface area contributed by atoms with Crippen molar-refractivity contribution in [3.05, 3.63) is 87.9 Å². The molecule has 1 aromatic heterocycles. The van der Waals surface area contributed by atoms with Gasteiger partial charge in [0.05, 0.1) is 22.5 Å². The van der Waals surface area contributed by atoms with E-state index in [1.54, 1.807) is 0 Å². The van der Waals surface area contributed by atoms with E-state index in [2.05, 4.69) is 69.5 Å². The van der Waals surface area contributed by atoms with Crippen LogP contribution in [0.3, 0.4) is 0 Å². The summed E-state index contributed by atoms with van der Waals surface area (Å²) in [5.74, 6) is 0.0782. The van der Waals surface area contributed by atoms with Crippen LogP contribution in [0.5, 0.6) is 0 Å². The third kappa shape index (κ3) is 13.4. The van der Waals surface area contributed by atoms with Crippen LogP contribution in [0.15, 0.2) is 54.9 Å². The van der Waals surface area contributed by atoms with Crippen LogP contribution in [-0.2, 0) is 9.59 Å². The molecule has 2 N–H and O–H groups in total. The first kappa shape index (κ1) is 49.8. The van der Waals surface area contributed by atoms with Crippen molar-refractivity contribution in [1.82, 2.24) is 9.97 Å². The lowest BCUT2D eigenvalue weighted by Crippen LogP contribution is -2.50. The van der Waals surface area contributed by atoms with Gasteiger partial charge in [-0.15, -0.1) is 0 Å². The van der Waals surface area contributed by atoms with E-state index in [-0.39, 0.29) is 33.7 Å². The molecule has 8 nitrogen and oxygen atoms in total. The molecule has 3 heterocycles. The largest absolute Gasteiger partial charge is 0.315 e. The lowest BCUT2D eigenvalue weighted by Gasteiger charge is -2.25. The molecule has 2 amide bonds. The van der Waals surface area contributed by atoms with Crippen LogP contribution in [0.1, 0.15) is 193 Å². The van der Waals surface area contributed by atoms with Crippen LogP contribution in [0, 0.1) is 11.8 Å². The number of fused-ring (bicyclic) bond motifs is 2. The summed E-state index contributed by atoms with van der Waals surface area (Å²) >= 11 is 7.26. The molecule has 2 atom stereocenters. The van der Waals surface area contributed by atoms with Crippen molar-refractivity contribution in [3.63, 3.8) is 0 Å². The number of benzene rings is 2. The SMILES string of the molecule is CCCCCCCCC(CCCCCC)CN1C(=O)C(=c2[nH]c(=O)c(=C3C(=O)N(CC(CCCCCC)CCCCCCCC)c4cc(Br)ccc43)[nH]c2=O)c2ccc(Br)cc21. The van der Waals surface area contributed by atoms with Crippen molar-refractivity contribution in [2.45, 2.75) is 182 Å². The lowest BCUT2D eigenvalue weighted by molar-refractivity contribution is -0.114. The molecule has 0 bridgehead atoms. The molecular weight excluding hydrogens is 904 g/mol. The van der Waals surface area contributed by atoms with Crippen molar-refractivity contribution in [2.75, 3.05) is 22.9 Å². The Morgan fingerprint density at radius 1 is 0.452 bits per heavy atom. The molecule has 10 heteroatoms. The summed E-state index contributed by atoms with van der Waals surface area (Å²) in [5, 5.41) is -0.148. The van der Waals surface area contributed by atoms with Gasteiger partial charge < -0.3 is 19.8 Å². The van der Waals surface area contributed by atoms with Gasteiger partial charge in [0, 0.05) is 33.2 Å². The summed E-state index contributed by atoms with van der Waals surface area (Å²) < 4.78 is 1.68. The van der Waals surface area contributed by atoms with E-state index in [4.69, 9.17) is 0 Å². The third-order valence-corrected chi connectivity index (χ3v) is 14.1. The van der Waals surface area contributed by atoms with E-state index in [0.717, 1.165) is 71.7 Å². The predicted octanol–water partition coefficient (Wildman–Crippen LogP) is 12.4. The molecule has 5 rings (SSSR count). The van der Waals surface area contributed by atoms with Crippen LogP contribution < -0.4 is 31.6 Å². The summed E-state index contributed by atoms with van der Waals surface area (Å²) in [6.07, 6.45) is 28.2. The lowest BCUT2D eigenvalue weighted by atomic mass is 9.93. The van der Waals surface area contributed by atoms with Gasteiger partial charge in [-0.05, 0) is 61.8 Å². The van der Waals surface area contributed by atoms with E-state index in [1.165, 1.54) is 103 Å². The maximum absolute atomic E-state index is 14.6. The molecule has 2 aromatic carbocycles. The number of carbonyl (C=O) groups is 2. The number of hydrogen-bond donors (Lipinski definition) is 2. The number of nitrogens with zero attached hydrogens (tertiary/aromatic N) is 2. The fraction of sp³-hybridized carbons (Fsp3) is 0.615. The minimum atomic E-state index is -0.601. The van der Waals surface area contributed by atoms with E-state index in [9.17, 15) is 19.2 Å². The van der Waals surface area contributed by atoms with Gasteiger partial charge in [-0.3, -0.25) is 19.2 Å². The normalized spacial score (nSPS) is 16.4. The first-order valence-electron chi connectivity index (χ1n) is 24.5. The van der Waals surface area contributed by atoms with Gasteiger partial charge in [0.15, 0.2) is 0 Å². The number of rotatable bonds is 28.